The zero-order valence-corrected chi connectivity index (χ0v) is 11.9. The van der Waals surface area contributed by atoms with Gasteiger partial charge in [-0.05, 0) is 31.1 Å². The lowest BCUT2D eigenvalue weighted by atomic mass is 9.69. The third-order valence-corrected chi connectivity index (χ3v) is 4.53. The van der Waals surface area contributed by atoms with Crippen LogP contribution in [0.2, 0.25) is 0 Å². The van der Waals surface area contributed by atoms with Gasteiger partial charge in [-0.15, -0.1) is 0 Å². The van der Waals surface area contributed by atoms with Gasteiger partial charge in [-0.2, -0.15) is 0 Å². The fourth-order valence-corrected chi connectivity index (χ4v) is 3.02. The molecule has 5 heteroatoms. The van der Waals surface area contributed by atoms with Crippen LogP contribution in [0.1, 0.15) is 46.0 Å². The molecule has 0 radical (unpaired) electrons. The molecule has 1 heterocycles. The molecule has 0 aromatic carbocycles. The van der Waals surface area contributed by atoms with Crippen LogP contribution in [0.4, 0.5) is 4.79 Å². The predicted molar refractivity (Wildman–Crippen MR) is 71.9 cm³/mol. The van der Waals surface area contributed by atoms with E-state index in [9.17, 15) is 14.7 Å². The average Bonchev–Trinajstić information content (AvgIpc) is 2.25. The van der Waals surface area contributed by atoms with Crippen LogP contribution in [0.15, 0.2) is 0 Å². The van der Waals surface area contributed by atoms with Gasteiger partial charge in [0.15, 0.2) is 0 Å². The number of likely N-dealkylation sites (tertiary alicyclic amines) is 1. The third-order valence-electron chi connectivity index (χ3n) is 4.53. The molecule has 1 aliphatic carbocycles. The van der Waals surface area contributed by atoms with Crippen molar-refractivity contribution in [3.63, 3.8) is 0 Å². The first-order chi connectivity index (χ1) is 8.85. The van der Waals surface area contributed by atoms with Gasteiger partial charge >= 0.3 is 12.0 Å². The molecule has 0 atom stereocenters. The minimum absolute atomic E-state index is 0.111. The highest BCUT2D eigenvalue weighted by Crippen LogP contribution is 2.40. The zero-order chi connectivity index (χ0) is 14.1. The van der Waals surface area contributed by atoms with Crippen LogP contribution in [0.3, 0.4) is 0 Å². The van der Waals surface area contributed by atoms with Crippen molar-refractivity contribution in [1.82, 2.24) is 10.2 Å². The van der Waals surface area contributed by atoms with E-state index in [-0.39, 0.29) is 18.0 Å². The van der Waals surface area contributed by atoms with E-state index in [1.165, 1.54) is 0 Å². The molecule has 1 saturated carbocycles. The lowest BCUT2D eigenvalue weighted by Gasteiger charge is -2.40. The molecule has 19 heavy (non-hydrogen) atoms. The number of amides is 2. The molecule has 1 aliphatic heterocycles. The summed E-state index contributed by atoms with van der Waals surface area (Å²) in [6.45, 7) is 6.11. The van der Waals surface area contributed by atoms with E-state index in [4.69, 9.17) is 0 Å². The first-order valence-electron chi connectivity index (χ1n) is 7.11. The van der Waals surface area contributed by atoms with Gasteiger partial charge in [0.1, 0.15) is 0 Å². The number of aliphatic carboxylic acids is 1. The van der Waals surface area contributed by atoms with Crippen molar-refractivity contribution in [1.29, 1.82) is 0 Å². The van der Waals surface area contributed by atoms with Crippen molar-refractivity contribution in [2.24, 2.45) is 10.8 Å². The zero-order valence-electron chi connectivity index (χ0n) is 11.9. The minimum atomic E-state index is -0.780. The molecule has 0 aromatic heterocycles. The Bertz CT molecular complexity index is 375. The average molecular weight is 268 g/mol. The Balaban J connectivity index is 1.86. The number of carbonyl (C=O) groups excluding carboxylic acids is 1. The molecule has 2 N–H and O–H groups in total. The second-order valence-electron chi connectivity index (χ2n) is 6.79. The maximum absolute atomic E-state index is 12.1. The number of hydrogen-bond acceptors (Lipinski definition) is 2. The molecule has 2 amide bonds. The summed E-state index contributed by atoms with van der Waals surface area (Å²) in [5.41, 5.74) is -0.544. The molecular weight excluding hydrogens is 244 g/mol. The van der Waals surface area contributed by atoms with E-state index in [0.29, 0.717) is 12.8 Å². The first-order valence-corrected chi connectivity index (χ1v) is 7.11. The Morgan fingerprint density at radius 1 is 1.21 bits per heavy atom. The van der Waals surface area contributed by atoms with Crippen molar-refractivity contribution >= 4 is 12.0 Å². The smallest absolute Gasteiger partial charge is 0.317 e. The van der Waals surface area contributed by atoms with E-state index in [1.54, 1.807) is 0 Å². The third kappa shape index (κ3) is 3.01. The summed E-state index contributed by atoms with van der Waals surface area (Å²) in [7, 11) is 0. The van der Waals surface area contributed by atoms with E-state index in [2.05, 4.69) is 19.2 Å². The SMILES string of the molecule is CC1(C)CCCN(C(=O)NCC2(C(=O)O)CCC2)C1. The van der Waals surface area contributed by atoms with Crippen LogP contribution in [-0.2, 0) is 4.79 Å². The number of rotatable bonds is 3. The number of urea groups is 1. The predicted octanol–water partition coefficient (Wildman–Crippen LogP) is 2.07. The first kappa shape index (κ1) is 14.2. The maximum Gasteiger partial charge on any atom is 0.317 e. The summed E-state index contributed by atoms with van der Waals surface area (Å²) >= 11 is 0. The number of carboxylic acids is 1. The van der Waals surface area contributed by atoms with E-state index < -0.39 is 11.4 Å². The Labute approximate surface area is 114 Å². The standard InChI is InChI=1S/C14H24N2O3/c1-13(2)5-4-8-16(10-13)12(19)15-9-14(11(17)18)6-3-7-14/h3-10H2,1-2H3,(H,15,19)(H,17,18). The van der Waals surface area contributed by atoms with Gasteiger partial charge in [0.25, 0.3) is 0 Å². The van der Waals surface area contributed by atoms with Gasteiger partial charge < -0.3 is 15.3 Å². The summed E-state index contributed by atoms with van der Waals surface area (Å²) in [5.74, 6) is -0.780. The number of hydrogen-bond donors (Lipinski definition) is 2. The maximum atomic E-state index is 12.1. The molecule has 2 fully saturated rings. The molecular formula is C14H24N2O3. The summed E-state index contributed by atoms with van der Waals surface area (Å²) in [5, 5.41) is 12.0. The van der Waals surface area contributed by atoms with Gasteiger partial charge in [0.2, 0.25) is 0 Å². The molecule has 2 aliphatic rings. The number of nitrogens with zero attached hydrogens (tertiary/aromatic N) is 1. The van der Waals surface area contributed by atoms with Crippen LogP contribution in [0.25, 0.3) is 0 Å². The Morgan fingerprint density at radius 3 is 2.37 bits per heavy atom. The van der Waals surface area contributed by atoms with Crippen LogP contribution in [0, 0.1) is 10.8 Å². The van der Waals surface area contributed by atoms with Crippen molar-refractivity contribution < 1.29 is 14.7 Å². The minimum Gasteiger partial charge on any atom is -0.481 e. The van der Waals surface area contributed by atoms with Crippen molar-refractivity contribution in [2.45, 2.75) is 46.0 Å². The van der Waals surface area contributed by atoms with Gasteiger partial charge in [-0.25, -0.2) is 4.79 Å². The quantitative estimate of drug-likeness (QED) is 0.823. The Kier molecular flexibility index (Phi) is 3.74. The van der Waals surface area contributed by atoms with Crippen molar-refractivity contribution in [3.05, 3.63) is 0 Å². The van der Waals surface area contributed by atoms with Crippen LogP contribution in [-0.4, -0.2) is 41.6 Å². The molecule has 1 saturated heterocycles. The van der Waals surface area contributed by atoms with Crippen LogP contribution < -0.4 is 5.32 Å². The van der Waals surface area contributed by atoms with Crippen LogP contribution >= 0.6 is 0 Å². The molecule has 2 rings (SSSR count). The summed E-state index contributed by atoms with van der Waals surface area (Å²) in [6.07, 6.45) is 4.45. The van der Waals surface area contributed by atoms with Crippen molar-refractivity contribution in [3.8, 4) is 0 Å². The van der Waals surface area contributed by atoms with Crippen molar-refractivity contribution in [2.75, 3.05) is 19.6 Å². The lowest BCUT2D eigenvalue weighted by Crippen LogP contribution is -2.53. The molecule has 0 aromatic rings. The number of carbonyl (C=O) groups is 2. The highest BCUT2D eigenvalue weighted by molar-refractivity contribution is 5.79. The Morgan fingerprint density at radius 2 is 1.89 bits per heavy atom. The normalized spacial score (nSPS) is 24.4. The monoisotopic (exact) mass is 268 g/mol. The summed E-state index contributed by atoms with van der Waals surface area (Å²) in [6, 6.07) is -0.111. The molecule has 0 spiro atoms. The Hall–Kier alpha value is -1.26. The van der Waals surface area contributed by atoms with Gasteiger partial charge in [-0.3, -0.25) is 4.79 Å². The van der Waals surface area contributed by atoms with E-state index in [0.717, 1.165) is 32.4 Å². The number of piperidine rings is 1. The number of nitrogens with one attached hydrogen (secondary N) is 1. The van der Waals surface area contributed by atoms with Gasteiger partial charge in [0, 0.05) is 19.6 Å². The van der Waals surface area contributed by atoms with Gasteiger partial charge in [-0.1, -0.05) is 20.3 Å². The summed E-state index contributed by atoms with van der Waals surface area (Å²) in [4.78, 5) is 25.2. The van der Waals surface area contributed by atoms with Crippen LogP contribution in [0.5, 0.6) is 0 Å². The number of carboxylic acid groups (broad SMARTS) is 1. The highest BCUT2D eigenvalue weighted by atomic mass is 16.4. The topological polar surface area (TPSA) is 69.6 Å². The van der Waals surface area contributed by atoms with E-state index >= 15 is 0 Å². The molecule has 0 bridgehead atoms. The van der Waals surface area contributed by atoms with Gasteiger partial charge in [0.05, 0.1) is 5.41 Å². The second kappa shape index (κ2) is 5.02. The highest BCUT2D eigenvalue weighted by Gasteiger charge is 2.44. The fourth-order valence-electron chi connectivity index (χ4n) is 3.02. The molecule has 0 unspecified atom stereocenters. The molecule has 5 nitrogen and oxygen atoms in total. The van der Waals surface area contributed by atoms with E-state index in [1.807, 2.05) is 4.90 Å². The second-order valence-corrected chi connectivity index (χ2v) is 6.79. The lowest BCUT2D eigenvalue weighted by molar-refractivity contribution is -0.153. The summed E-state index contributed by atoms with van der Waals surface area (Å²) < 4.78 is 0. The fraction of sp³-hybridized carbons (Fsp3) is 0.857. The largest absolute Gasteiger partial charge is 0.481 e. The molecule has 108 valence electrons.